The molecule has 1 N–H and O–H groups in total. The van der Waals surface area contributed by atoms with E-state index in [4.69, 9.17) is 14.5 Å². The summed E-state index contributed by atoms with van der Waals surface area (Å²) < 4.78 is 13.7. The van der Waals surface area contributed by atoms with Crippen LogP contribution in [-0.2, 0) is 22.6 Å². The van der Waals surface area contributed by atoms with E-state index >= 15 is 0 Å². The molecule has 0 bridgehead atoms. The molecule has 1 fully saturated rings. The van der Waals surface area contributed by atoms with Gasteiger partial charge in [-0.05, 0) is 37.5 Å². The van der Waals surface area contributed by atoms with E-state index in [0.717, 1.165) is 41.9 Å². The molecule has 5 nitrogen and oxygen atoms in total. The largest absolute Gasteiger partial charge is 0.389 e. The maximum absolute atomic E-state index is 10.6. The van der Waals surface area contributed by atoms with Crippen LogP contribution in [0.1, 0.15) is 35.9 Å². The molecule has 1 aliphatic heterocycles. The lowest BCUT2D eigenvalue weighted by molar-refractivity contribution is 0.0189. The number of para-hydroxylation sites is 2. The van der Waals surface area contributed by atoms with Gasteiger partial charge in [0.1, 0.15) is 11.9 Å². The average Bonchev–Trinajstić information content (AvgIpc) is 3.32. The summed E-state index contributed by atoms with van der Waals surface area (Å²) in [4.78, 5) is 4.77. The van der Waals surface area contributed by atoms with Gasteiger partial charge in [0.05, 0.1) is 36.9 Å². The molecule has 27 heavy (non-hydrogen) atoms. The maximum atomic E-state index is 10.6. The molecule has 1 aliphatic rings. The molecule has 0 aliphatic carbocycles. The third kappa shape index (κ3) is 4.21. The van der Waals surface area contributed by atoms with Crippen molar-refractivity contribution >= 4 is 11.0 Å². The van der Waals surface area contributed by atoms with Gasteiger partial charge in [0.2, 0.25) is 0 Å². The molecular weight excluding hydrogens is 340 g/mol. The van der Waals surface area contributed by atoms with Crippen molar-refractivity contribution < 1.29 is 14.6 Å². The lowest BCUT2D eigenvalue weighted by atomic mass is 10.2. The SMILES string of the molecule is Cc1ccc(COCC(O)Cn2c(C3CCCO3)nc3ccccc32)cc1. The van der Waals surface area contributed by atoms with Crippen LogP contribution in [0.25, 0.3) is 11.0 Å². The number of aliphatic hydroxyl groups is 1. The molecule has 5 heteroatoms. The molecule has 2 unspecified atom stereocenters. The summed E-state index contributed by atoms with van der Waals surface area (Å²) in [6, 6.07) is 16.3. The van der Waals surface area contributed by atoms with Crippen LogP contribution in [0.4, 0.5) is 0 Å². The minimum atomic E-state index is -0.604. The quantitative estimate of drug-likeness (QED) is 0.691. The second-order valence-electron chi connectivity index (χ2n) is 7.23. The van der Waals surface area contributed by atoms with Gasteiger partial charge < -0.3 is 19.1 Å². The van der Waals surface area contributed by atoms with Crippen molar-refractivity contribution in [3.8, 4) is 0 Å². The third-order valence-electron chi connectivity index (χ3n) is 4.99. The molecular formula is C22H26N2O3. The van der Waals surface area contributed by atoms with Crippen molar-refractivity contribution in [2.45, 2.75) is 45.1 Å². The fraction of sp³-hybridized carbons (Fsp3) is 0.409. The van der Waals surface area contributed by atoms with Gasteiger partial charge in [-0.15, -0.1) is 0 Å². The van der Waals surface area contributed by atoms with E-state index in [-0.39, 0.29) is 12.7 Å². The topological polar surface area (TPSA) is 56.5 Å². The van der Waals surface area contributed by atoms with Gasteiger partial charge in [0.15, 0.2) is 0 Å². The fourth-order valence-corrected chi connectivity index (χ4v) is 3.57. The highest BCUT2D eigenvalue weighted by molar-refractivity contribution is 5.76. The second-order valence-corrected chi connectivity index (χ2v) is 7.23. The summed E-state index contributed by atoms with van der Waals surface area (Å²) in [6.07, 6.45) is 1.44. The highest BCUT2D eigenvalue weighted by Gasteiger charge is 2.25. The van der Waals surface area contributed by atoms with Crippen LogP contribution in [0, 0.1) is 6.92 Å². The fourth-order valence-electron chi connectivity index (χ4n) is 3.57. The monoisotopic (exact) mass is 366 g/mol. The van der Waals surface area contributed by atoms with E-state index in [0.29, 0.717) is 13.2 Å². The number of ether oxygens (including phenoxy) is 2. The summed E-state index contributed by atoms with van der Waals surface area (Å²) in [5.41, 5.74) is 4.31. The van der Waals surface area contributed by atoms with Crippen LogP contribution >= 0.6 is 0 Å². The number of imidazole rings is 1. The first-order valence-corrected chi connectivity index (χ1v) is 9.59. The minimum absolute atomic E-state index is 0.0121. The Labute approximate surface area is 159 Å². The molecule has 4 rings (SSSR count). The van der Waals surface area contributed by atoms with Gasteiger partial charge in [-0.25, -0.2) is 4.98 Å². The van der Waals surface area contributed by atoms with Crippen molar-refractivity contribution in [1.82, 2.24) is 9.55 Å². The Bertz CT molecular complexity index is 882. The van der Waals surface area contributed by atoms with Crippen LogP contribution in [0.3, 0.4) is 0 Å². The lowest BCUT2D eigenvalue weighted by Gasteiger charge is -2.17. The molecule has 0 amide bonds. The van der Waals surface area contributed by atoms with Crippen molar-refractivity contribution in [2.75, 3.05) is 13.2 Å². The molecule has 2 heterocycles. The first-order valence-electron chi connectivity index (χ1n) is 9.59. The predicted molar refractivity (Wildman–Crippen MR) is 105 cm³/mol. The summed E-state index contributed by atoms with van der Waals surface area (Å²) in [7, 11) is 0. The molecule has 2 aromatic carbocycles. The Morgan fingerprint density at radius 1 is 1.22 bits per heavy atom. The van der Waals surface area contributed by atoms with Crippen LogP contribution in [0.2, 0.25) is 0 Å². The van der Waals surface area contributed by atoms with Gasteiger partial charge in [-0.3, -0.25) is 0 Å². The number of aliphatic hydroxyl groups excluding tert-OH is 1. The first kappa shape index (κ1) is 18.2. The standard InChI is InChI=1S/C22H26N2O3/c1-16-8-10-17(11-9-16)14-26-15-18(25)13-24-20-6-3-2-5-19(20)23-22(24)21-7-4-12-27-21/h2-3,5-6,8-11,18,21,25H,4,7,12-15H2,1H3. The van der Waals surface area contributed by atoms with Crippen molar-refractivity contribution in [3.63, 3.8) is 0 Å². The van der Waals surface area contributed by atoms with Crippen LogP contribution in [-0.4, -0.2) is 34.0 Å². The summed E-state index contributed by atoms with van der Waals surface area (Å²) in [5.74, 6) is 0.909. The number of aryl methyl sites for hydroxylation is 1. The molecule has 1 aromatic heterocycles. The van der Waals surface area contributed by atoms with Crippen LogP contribution in [0.15, 0.2) is 48.5 Å². The molecule has 0 saturated carbocycles. The van der Waals surface area contributed by atoms with Gasteiger partial charge in [-0.1, -0.05) is 42.0 Å². The molecule has 3 aromatic rings. The molecule has 142 valence electrons. The number of rotatable bonds is 7. The number of fused-ring (bicyclic) bond motifs is 1. The molecule has 0 spiro atoms. The molecule has 1 saturated heterocycles. The average molecular weight is 366 g/mol. The Kier molecular flexibility index (Phi) is 5.53. The van der Waals surface area contributed by atoms with E-state index in [9.17, 15) is 5.11 Å². The van der Waals surface area contributed by atoms with Gasteiger partial charge >= 0.3 is 0 Å². The minimum Gasteiger partial charge on any atom is -0.389 e. The number of benzene rings is 2. The normalized spacial score (nSPS) is 18.2. The third-order valence-corrected chi connectivity index (χ3v) is 4.99. The van der Waals surface area contributed by atoms with Gasteiger partial charge in [0.25, 0.3) is 0 Å². The van der Waals surface area contributed by atoms with E-state index in [1.54, 1.807) is 0 Å². The van der Waals surface area contributed by atoms with Crippen molar-refractivity contribution in [2.24, 2.45) is 0 Å². The lowest BCUT2D eigenvalue weighted by Crippen LogP contribution is -2.23. The van der Waals surface area contributed by atoms with E-state index in [1.165, 1.54) is 5.56 Å². The zero-order valence-corrected chi connectivity index (χ0v) is 15.7. The van der Waals surface area contributed by atoms with Gasteiger partial charge in [-0.2, -0.15) is 0 Å². The Hall–Kier alpha value is -2.21. The predicted octanol–water partition coefficient (Wildman–Crippen LogP) is 3.77. The zero-order chi connectivity index (χ0) is 18.6. The molecule has 0 radical (unpaired) electrons. The summed E-state index contributed by atoms with van der Waals surface area (Å²) in [6.45, 7) is 4.07. The second kappa shape index (κ2) is 8.21. The Morgan fingerprint density at radius 2 is 2.04 bits per heavy atom. The van der Waals surface area contributed by atoms with Crippen molar-refractivity contribution in [1.29, 1.82) is 0 Å². The zero-order valence-electron chi connectivity index (χ0n) is 15.7. The Balaban J connectivity index is 1.43. The number of nitrogens with zero attached hydrogens (tertiary/aromatic N) is 2. The van der Waals surface area contributed by atoms with Crippen LogP contribution in [0.5, 0.6) is 0 Å². The number of hydrogen-bond acceptors (Lipinski definition) is 4. The highest BCUT2D eigenvalue weighted by Crippen LogP contribution is 2.30. The van der Waals surface area contributed by atoms with E-state index in [1.807, 2.05) is 24.3 Å². The summed E-state index contributed by atoms with van der Waals surface area (Å²) >= 11 is 0. The van der Waals surface area contributed by atoms with Crippen LogP contribution < -0.4 is 0 Å². The first-order chi connectivity index (χ1) is 13.2. The van der Waals surface area contributed by atoms with E-state index < -0.39 is 6.10 Å². The smallest absolute Gasteiger partial charge is 0.139 e. The molecule has 2 atom stereocenters. The summed E-state index contributed by atoms with van der Waals surface area (Å²) in [5, 5.41) is 10.6. The van der Waals surface area contributed by atoms with Crippen molar-refractivity contribution in [3.05, 3.63) is 65.5 Å². The van der Waals surface area contributed by atoms with E-state index in [2.05, 4.69) is 35.8 Å². The number of hydrogen-bond donors (Lipinski definition) is 1. The highest BCUT2D eigenvalue weighted by atomic mass is 16.5. The Morgan fingerprint density at radius 3 is 2.81 bits per heavy atom. The maximum Gasteiger partial charge on any atom is 0.139 e. The number of aromatic nitrogens is 2. The van der Waals surface area contributed by atoms with Gasteiger partial charge in [0, 0.05) is 6.61 Å².